The lowest BCUT2D eigenvalue weighted by Gasteiger charge is -2.45. The number of aliphatic hydroxyl groups excluding tert-OH is 2. The lowest BCUT2D eigenvalue weighted by atomic mass is 9.60. The Bertz CT molecular complexity index is 924. The molecule has 0 radical (unpaired) electrons. The highest BCUT2D eigenvalue weighted by atomic mass is 16.6. The van der Waals surface area contributed by atoms with E-state index in [4.69, 9.17) is 4.74 Å². The summed E-state index contributed by atoms with van der Waals surface area (Å²) >= 11 is 0. The zero-order valence-electron chi connectivity index (χ0n) is 21.8. The van der Waals surface area contributed by atoms with Gasteiger partial charge in [0, 0.05) is 16.9 Å². The monoisotopic (exact) mass is 468 g/mol. The Morgan fingerprint density at radius 2 is 1.88 bits per heavy atom. The van der Waals surface area contributed by atoms with Gasteiger partial charge in [0.1, 0.15) is 6.10 Å². The molecule has 4 fully saturated rings. The fraction of sp³-hybridized carbons (Fsp3) is 0.700. The van der Waals surface area contributed by atoms with Crippen molar-refractivity contribution in [2.24, 2.45) is 34.5 Å². The largest absolute Gasteiger partial charge is 0.458 e. The Morgan fingerprint density at radius 1 is 1.18 bits per heavy atom. The van der Waals surface area contributed by atoms with Gasteiger partial charge in [0.25, 0.3) is 0 Å². The van der Waals surface area contributed by atoms with E-state index in [1.54, 1.807) is 0 Å². The number of cyclic esters (lactones) is 1. The molecule has 4 heteroatoms. The highest BCUT2D eigenvalue weighted by molar-refractivity contribution is 5.91. The first-order chi connectivity index (χ1) is 15.9. The molecule has 34 heavy (non-hydrogen) atoms. The van der Waals surface area contributed by atoms with Crippen LogP contribution < -0.4 is 0 Å². The number of ether oxygens (including phenoxy) is 1. The molecule has 188 valence electrons. The minimum absolute atomic E-state index is 0.0916. The maximum Gasteiger partial charge on any atom is 0.334 e. The number of rotatable bonds is 4. The van der Waals surface area contributed by atoms with Crippen LogP contribution in [0.2, 0.25) is 0 Å². The van der Waals surface area contributed by atoms with Crippen LogP contribution in [0.5, 0.6) is 0 Å². The Kier molecular flexibility index (Phi) is 6.81. The normalized spacial score (nSPS) is 43.3. The first-order valence-electron chi connectivity index (χ1n) is 13.2. The Labute approximate surface area is 205 Å². The van der Waals surface area contributed by atoms with Crippen LogP contribution in [0, 0.1) is 34.5 Å². The van der Waals surface area contributed by atoms with Crippen molar-refractivity contribution >= 4 is 5.97 Å². The maximum atomic E-state index is 12.1. The van der Waals surface area contributed by atoms with Gasteiger partial charge in [0.05, 0.1) is 12.2 Å². The average Bonchev–Trinajstić information content (AvgIpc) is 3.23. The van der Waals surface area contributed by atoms with Crippen LogP contribution in [0.3, 0.4) is 0 Å². The van der Waals surface area contributed by atoms with Crippen molar-refractivity contribution in [2.75, 3.05) is 0 Å². The number of hydrogen-bond donors (Lipinski definition) is 2. The SMILES string of the molecule is C=C1/C(=C/C=C2/CCC[C@]3(C)[C@@H](C(C)CC4OC(=O)C(=C)C4(C)C)CC[C@@H]23)CC(O)C(C)C1O. The lowest BCUT2D eigenvalue weighted by molar-refractivity contribution is -0.140. The van der Waals surface area contributed by atoms with Crippen LogP contribution in [0.1, 0.15) is 79.6 Å². The second-order valence-corrected chi connectivity index (χ2v) is 12.4. The molecule has 0 amide bonds. The molecule has 3 saturated carbocycles. The minimum atomic E-state index is -0.674. The highest BCUT2D eigenvalue weighted by Crippen LogP contribution is 2.60. The van der Waals surface area contributed by atoms with E-state index < -0.39 is 12.2 Å². The van der Waals surface area contributed by atoms with Gasteiger partial charge >= 0.3 is 5.97 Å². The summed E-state index contributed by atoms with van der Waals surface area (Å²) in [6.07, 6.45) is 10.5. The van der Waals surface area contributed by atoms with E-state index in [0.717, 1.165) is 24.0 Å². The molecule has 0 spiro atoms. The number of aliphatic hydroxyl groups is 2. The van der Waals surface area contributed by atoms with E-state index in [9.17, 15) is 15.0 Å². The summed E-state index contributed by atoms with van der Waals surface area (Å²) in [6, 6.07) is 0. The van der Waals surface area contributed by atoms with Gasteiger partial charge in [-0.15, -0.1) is 0 Å². The van der Waals surface area contributed by atoms with E-state index in [1.165, 1.54) is 31.3 Å². The Hall–Kier alpha value is -1.65. The van der Waals surface area contributed by atoms with Crippen molar-refractivity contribution in [1.82, 2.24) is 0 Å². The second-order valence-electron chi connectivity index (χ2n) is 12.4. The molecule has 4 rings (SSSR count). The highest BCUT2D eigenvalue weighted by Gasteiger charge is 2.53. The summed E-state index contributed by atoms with van der Waals surface area (Å²) in [5, 5.41) is 20.8. The third-order valence-electron chi connectivity index (χ3n) is 10.2. The summed E-state index contributed by atoms with van der Waals surface area (Å²) in [7, 11) is 0. The fourth-order valence-electron chi connectivity index (χ4n) is 7.51. The second kappa shape index (κ2) is 9.09. The first-order valence-corrected chi connectivity index (χ1v) is 13.2. The maximum absolute atomic E-state index is 12.1. The van der Waals surface area contributed by atoms with Gasteiger partial charge in [0.2, 0.25) is 0 Å². The van der Waals surface area contributed by atoms with Crippen LogP contribution in [0.15, 0.2) is 47.6 Å². The molecule has 0 aromatic heterocycles. The van der Waals surface area contributed by atoms with Crippen LogP contribution in [-0.2, 0) is 9.53 Å². The molecule has 1 saturated heterocycles. The van der Waals surface area contributed by atoms with Gasteiger partial charge in [-0.25, -0.2) is 4.79 Å². The van der Waals surface area contributed by atoms with Crippen molar-refractivity contribution in [3.05, 3.63) is 47.6 Å². The molecule has 5 unspecified atom stereocenters. The van der Waals surface area contributed by atoms with Gasteiger partial charge in [-0.05, 0) is 79.3 Å². The third kappa shape index (κ3) is 4.15. The van der Waals surface area contributed by atoms with Crippen LogP contribution in [0.25, 0.3) is 0 Å². The third-order valence-corrected chi connectivity index (χ3v) is 10.2. The van der Waals surface area contributed by atoms with Crippen LogP contribution in [-0.4, -0.2) is 34.5 Å². The van der Waals surface area contributed by atoms with Crippen LogP contribution >= 0.6 is 0 Å². The summed E-state index contributed by atoms with van der Waals surface area (Å²) < 4.78 is 5.74. The van der Waals surface area contributed by atoms with Crippen LogP contribution in [0.4, 0.5) is 0 Å². The number of carbonyl (C=O) groups excluding carboxylic acids is 1. The van der Waals surface area contributed by atoms with Gasteiger partial charge in [-0.1, -0.05) is 65.5 Å². The molecule has 4 aliphatic rings. The topological polar surface area (TPSA) is 66.8 Å². The molecule has 2 N–H and O–H groups in total. The zero-order chi connectivity index (χ0) is 25.0. The van der Waals surface area contributed by atoms with E-state index in [2.05, 4.69) is 53.0 Å². The lowest BCUT2D eigenvalue weighted by Crippen LogP contribution is -2.38. The molecule has 1 aliphatic heterocycles. The van der Waals surface area contributed by atoms with Gasteiger partial charge in [-0.2, -0.15) is 0 Å². The predicted octanol–water partition coefficient (Wildman–Crippen LogP) is 5.91. The van der Waals surface area contributed by atoms with E-state index in [1.807, 2.05) is 6.92 Å². The molecule has 1 heterocycles. The smallest absolute Gasteiger partial charge is 0.334 e. The van der Waals surface area contributed by atoms with Crippen molar-refractivity contribution in [3.8, 4) is 0 Å². The first kappa shape index (κ1) is 25.4. The van der Waals surface area contributed by atoms with Gasteiger partial charge in [0.15, 0.2) is 0 Å². The number of carbonyl (C=O) groups is 1. The van der Waals surface area contributed by atoms with Gasteiger partial charge in [-0.3, -0.25) is 0 Å². The van der Waals surface area contributed by atoms with E-state index in [0.29, 0.717) is 29.7 Å². The zero-order valence-corrected chi connectivity index (χ0v) is 21.8. The molecule has 0 aromatic rings. The fourth-order valence-corrected chi connectivity index (χ4v) is 7.51. The number of allylic oxidation sites excluding steroid dienone is 3. The Morgan fingerprint density at radius 3 is 2.53 bits per heavy atom. The number of hydrogen-bond acceptors (Lipinski definition) is 4. The van der Waals surface area contributed by atoms with E-state index in [-0.39, 0.29) is 28.8 Å². The van der Waals surface area contributed by atoms with Crippen molar-refractivity contribution in [2.45, 2.75) is 97.9 Å². The number of fused-ring (bicyclic) bond motifs is 1. The summed E-state index contributed by atoms with van der Waals surface area (Å²) in [5.41, 5.74) is 3.79. The molecule has 0 bridgehead atoms. The van der Waals surface area contributed by atoms with E-state index >= 15 is 0 Å². The Balaban J connectivity index is 1.50. The standard InChI is InChI=1S/C30H44O4/c1-17(15-26-29(5,6)20(4)28(33)34-26)23-12-13-24-21(9-8-14-30(23,24)7)10-11-22-16-25(31)19(3)27(32)18(22)2/h10-11,17,19,23-27,31-32H,2,4,8-9,12-16H2,1,3,5-7H3/b21-10-,22-11+/t17?,19?,23-,24+,25?,26?,27?,30-/m1/s1. The van der Waals surface area contributed by atoms with Crippen molar-refractivity contribution < 1.29 is 19.7 Å². The van der Waals surface area contributed by atoms with Crippen molar-refractivity contribution in [1.29, 1.82) is 0 Å². The molecule has 0 aromatic carbocycles. The number of esters is 1. The molecule has 8 atom stereocenters. The quantitative estimate of drug-likeness (QED) is 0.398. The summed E-state index contributed by atoms with van der Waals surface area (Å²) in [5.74, 6) is 1.23. The average molecular weight is 469 g/mol. The summed E-state index contributed by atoms with van der Waals surface area (Å²) in [6.45, 7) is 19.0. The molecular weight excluding hydrogens is 424 g/mol. The van der Waals surface area contributed by atoms with Crippen molar-refractivity contribution in [3.63, 3.8) is 0 Å². The molecule has 4 nitrogen and oxygen atoms in total. The predicted molar refractivity (Wildman–Crippen MR) is 136 cm³/mol. The minimum Gasteiger partial charge on any atom is -0.458 e. The molecular formula is C30H44O4. The molecule has 3 aliphatic carbocycles. The van der Waals surface area contributed by atoms with Gasteiger partial charge < -0.3 is 14.9 Å². The summed E-state index contributed by atoms with van der Waals surface area (Å²) in [4.78, 5) is 12.1.